The van der Waals surface area contributed by atoms with Gasteiger partial charge in [-0.2, -0.15) is 0 Å². The molecule has 0 spiro atoms. The summed E-state index contributed by atoms with van der Waals surface area (Å²) in [6, 6.07) is 0. The molecule has 2 nitrogen and oxygen atoms in total. The van der Waals surface area contributed by atoms with Crippen molar-refractivity contribution in [3.8, 4) is 0 Å². The minimum absolute atomic E-state index is 0.190. The van der Waals surface area contributed by atoms with E-state index in [9.17, 15) is 5.11 Å². The Hall–Kier alpha value is -0.340. The second-order valence-corrected chi connectivity index (χ2v) is 2.78. The Morgan fingerprint density at radius 2 is 2.00 bits per heavy atom. The van der Waals surface area contributed by atoms with Gasteiger partial charge in [0.2, 0.25) is 0 Å². The molecule has 0 bridgehead atoms. The van der Waals surface area contributed by atoms with Crippen molar-refractivity contribution in [2.45, 2.75) is 25.4 Å². The Balaban J connectivity index is 2.35. The first kappa shape index (κ1) is 7.76. The van der Waals surface area contributed by atoms with E-state index in [1.165, 1.54) is 0 Å². The quantitative estimate of drug-likeness (QED) is 0.557. The lowest BCUT2D eigenvalue weighted by Crippen LogP contribution is -2.22. The van der Waals surface area contributed by atoms with E-state index in [-0.39, 0.29) is 18.6 Å². The molecule has 10 heavy (non-hydrogen) atoms. The maximum atomic E-state index is 9.34. The minimum atomic E-state index is -0.225. The van der Waals surface area contributed by atoms with Gasteiger partial charge in [0.15, 0.2) is 0 Å². The molecule has 2 unspecified atom stereocenters. The van der Waals surface area contributed by atoms with Gasteiger partial charge in [-0.15, -0.1) is 0 Å². The molecule has 0 heterocycles. The van der Waals surface area contributed by atoms with E-state index in [1.54, 1.807) is 0 Å². The molecule has 2 heteroatoms. The number of hydrogen-bond acceptors (Lipinski definition) is 2. The second kappa shape index (κ2) is 3.74. The fourth-order valence-electron chi connectivity index (χ4n) is 1.33. The van der Waals surface area contributed by atoms with Crippen LogP contribution >= 0.6 is 0 Å². The summed E-state index contributed by atoms with van der Waals surface area (Å²) in [5.74, 6) is 0.287. The molecule has 0 aliphatic heterocycles. The number of aliphatic hydroxyl groups excluding tert-OH is 2. The van der Waals surface area contributed by atoms with Crippen LogP contribution in [0.5, 0.6) is 0 Å². The number of rotatable bonds is 2. The van der Waals surface area contributed by atoms with Crippen molar-refractivity contribution in [3.05, 3.63) is 12.2 Å². The smallest absolute Gasteiger partial charge is 0.0606 e. The second-order valence-electron chi connectivity index (χ2n) is 2.78. The Bertz CT molecular complexity index is 120. The third-order valence-electron chi connectivity index (χ3n) is 2.03. The third kappa shape index (κ3) is 1.82. The van der Waals surface area contributed by atoms with Crippen LogP contribution in [0, 0.1) is 5.92 Å². The highest BCUT2D eigenvalue weighted by Gasteiger charge is 2.18. The molecule has 0 saturated heterocycles. The molecule has 0 fully saturated rings. The van der Waals surface area contributed by atoms with Crippen molar-refractivity contribution in [1.82, 2.24) is 0 Å². The molecule has 2 N–H and O–H groups in total. The van der Waals surface area contributed by atoms with Crippen molar-refractivity contribution >= 4 is 0 Å². The van der Waals surface area contributed by atoms with Crippen LogP contribution in [-0.4, -0.2) is 22.9 Å². The summed E-state index contributed by atoms with van der Waals surface area (Å²) in [6.45, 7) is 0.190. The van der Waals surface area contributed by atoms with Crippen LogP contribution in [0.4, 0.5) is 0 Å². The van der Waals surface area contributed by atoms with Crippen LogP contribution in [0.15, 0.2) is 12.2 Å². The van der Waals surface area contributed by atoms with Crippen molar-refractivity contribution in [2.75, 3.05) is 6.61 Å². The standard InChI is InChI=1S/C8H14O2/c9-6-5-7-3-1-2-4-8(7)10/h1-2,7-10H,3-6H2. The zero-order valence-corrected chi connectivity index (χ0v) is 6.03. The van der Waals surface area contributed by atoms with Crippen LogP contribution in [0.1, 0.15) is 19.3 Å². The van der Waals surface area contributed by atoms with Gasteiger partial charge >= 0.3 is 0 Å². The maximum absolute atomic E-state index is 9.34. The van der Waals surface area contributed by atoms with Crippen LogP contribution in [-0.2, 0) is 0 Å². The normalized spacial score (nSPS) is 32.6. The molecule has 58 valence electrons. The molecule has 0 saturated carbocycles. The van der Waals surface area contributed by atoms with E-state index in [0.29, 0.717) is 0 Å². The van der Waals surface area contributed by atoms with E-state index >= 15 is 0 Å². The first-order valence-corrected chi connectivity index (χ1v) is 3.78. The van der Waals surface area contributed by atoms with Crippen molar-refractivity contribution in [3.63, 3.8) is 0 Å². The molecule has 1 rings (SSSR count). The summed E-state index contributed by atoms with van der Waals surface area (Å²) in [5.41, 5.74) is 0. The molecule has 0 amide bonds. The first-order chi connectivity index (χ1) is 4.84. The summed E-state index contributed by atoms with van der Waals surface area (Å²) in [4.78, 5) is 0. The first-order valence-electron chi connectivity index (χ1n) is 3.78. The Morgan fingerprint density at radius 1 is 1.30 bits per heavy atom. The third-order valence-corrected chi connectivity index (χ3v) is 2.03. The summed E-state index contributed by atoms with van der Waals surface area (Å²) in [5, 5.41) is 17.9. The van der Waals surface area contributed by atoms with E-state index in [4.69, 9.17) is 5.11 Å². The van der Waals surface area contributed by atoms with Gasteiger partial charge in [-0.25, -0.2) is 0 Å². The Kier molecular flexibility index (Phi) is 2.90. The van der Waals surface area contributed by atoms with E-state index < -0.39 is 0 Å². The fourth-order valence-corrected chi connectivity index (χ4v) is 1.33. The predicted octanol–water partition coefficient (Wildman–Crippen LogP) is 0.696. The zero-order chi connectivity index (χ0) is 7.40. The van der Waals surface area contributed by atoms with Crippen molar-refractivity contribution < 1.29 is 10.2 Å². The topological polar surface area (TPSA) is 40.5 Å². The van der Waals surface area contributed by atoms with Crippen LogP contribution in [0.25, 0.3) is 0 Å². The Labute approximate surface area is 61.2 Å². The molecule has 1 aliphatic rings. The highest BCUT2D eigenvalue weighted by molar-refractivity contribution is 4.94. The van der Waals surface area contributed by atoms with Gasteiger partial charge in [0.05, 0.1) is 6.10 Å². The van der Waals surface area contributed by atoms with E-state index in [1.807, 2.05) is 6.08 Å². The average molecular weight is 142 g/mol. The van der Waals surface area contributed by atoms with Crippen LogP contribution in [0.3, 0.4) is 0 Å². The zero-order valence-electron chi connectivity index (χ0n) is 6.03. The lowest BCUT2D eigenvalue weighted by molar-refractivity contribution is 0.0879. The molecule has 2 atom stereocenters. The molecule has 0 aromatic rings. The van der Waals surface area contributed by atoms with Crippen molar-refractivity contribution in [1.29, 1.82) is 0 Å². The van der Waals surface area contributed by atoms with Gasteiger partial charge in [0.1, 0.15) is 0 Å². The summed E-state index contributed by atoms with van der Waals surface area (Å²) in [6.07, 6.45) is 6.25. The summed E-state index contributed by atoms with van der Waals surface area (Å²) >= 11 is 0. The maximum Gasteiger partial charge on any atom is 0.0606 e. The van der Waals surface area contributed by atoms with Gasteiger partial charge in [-0.1, -0.05) is 12.2 Å². The lowest BCUT2D eigenvalue weighted by atomic mass is 9.89. The number of hydrogen-bond donors (Lipinski definition) is 2. The predicted molar refractivity (Wildman–Crippen MR) is 39.6 cm³/mol. The van der Waals surface area contributed by atoms with Gasteiger partial charge in [0, 0.05) is 6.61 Å². The molecular weight excluding hydrogens is 128 g/mol. The lowest BCUT2D eigenvalue weighted by Gasteiger charge is -2.22. The summed E-state index contributed by atoms with van der Waals surface area (Å²) < 4.78 is 0. The highest BCUT2D eigenvalue weighted by Crippen LogP contribution is 2.21. The minimum Gasteiger partial charge on any atom is -0.396 e. The van der Waals surface area contributed by atoms with Gasteiger partial charge < -0.3 is 10.2 Å². The fraction of sp³-hybridized carbons (Fsp3) is 0.750. The largest absolute Gasteiger partial charge is 0.396 e. The number of aliphatic hydroxyl groups is 2. The molecule has 1 aliphatic carbocycles. The monoisotopic (exact) mass is 142 g/mol. The van der Waals surface area contributed by atoms with Gasteiger partial charge in [-0.05, 0) is 25.2 Å². The Morgan fingerprint density at radius 3 is 2.60 bits per heavy atom. The summed E-state index contributed by atoms with van der Waals surface area (Å²) in [7, 11) is 0. The molecular formula is C8H14O2. The van der Waals surface area contributed by atoms with Crippen LogP contribution < -0.4 is 0 Å². The number of allylic oxidation sites excluding steroid dienone is 1. The van der Waals surface area contributed by atoms with E-state index in [2.05, 4.69) is 6.08 Å². The molecule has 0 radical (unpaired) electrons. The van der Waals surface area contributed by atoms with Gasteiger partial charge in [0.25, 0.3) is 0 Å². The SMILES string of the molecule is OCCC1CC=CCC1O. The van der Waals surface area contributed by atoms with Crippen molar-refractivity contribution in [2.24, 2.45) is 5.92 Å². The molecule has 0 aromatic heterocycles. The average Bonchev–Trinajstić information content (AvgIpc) is 1.94. The highest BCUT2D eigenvalue weighted by atomic mass is 16.3. The molecule has 0 aromatic carbocycles. The van der Waals surface area contributed by atoms with Crippen LogP contribution in [0.2, 0.25) is 0 Å². The van der Waals surface area contributed by atoms with E-state index in [0.717, 1.165) is 19.3 Å². The van der Waals surface area contributed by atoms with Gasteiger partial charge in [-0.3, -0.25) is 0 Å².